The van der Waals surface area contributed by atoms with Gasteiger partial charge in [0.1, 0.15) is 13.2 Å². The number of carbonyl (C=O) groups excluding carboxylic acids is 1. The summed E-state index contributed by atoms with van der Waals surface area (Å²) >= 11 is 12.0. The molecule has 24 heavy (non-hydrogen) atoms. The van der Waals surface area contributed by atoms with Crippen molar-refractivity contribution in [2.24, 2.45) is 0 Å². The lowest BCUT2D eigenvalue weighted by atomic mass is 10.1. The molecule has 6 heteroatoms. The van der Waals surface area contributed by atoms with Crippen LogP contribution < -0.4 is 14.8 Å². The van der Waals surface area contributed by atoms with E-state index in [1.807, 2.05) is 12.1 Å². The van der Waals surface area contributed by atoms with Crippen molar-refractivity contribution in [2.45, 2.75) is 6.54 Å². The average Bonchev–Trinajstić information content (AvgIpc) is 2.59. The highest BCUT2D eigenvalue weighted by molar-refractivity contribution is 6.32. The minimum absolute atomic E-state index is 0.198. The molecule has 1 aliphatic heterocycles. The van der Waals surface area contributed by atoms with E-state index in [1.54, 1.807) is 30.3 Å². The number of hydrogen-bond acceptors (Lipinski definition) is 3. The molecule has 1 aliphatic rings. The number of carbonyl (C=O) groups is 1. The van der Waals surface area contributed by atoms with Gasteiger partial charge in [-0.2, -0.15) is 0 Å². The fourth-order valence-electron chi connectivity index (χ4n) is 2.25. The predicted octanol–water partition coefficient (Wildman–Crippen LogP) is 4.09. The molecule has 0 aliphatic carbocycles. The van der Waals surface area contributed by atoms with E-state index in [-0.39, 0.29) is 5.91 Å². The summed E-state index contributed by atoms with van der Waals surface area (Å²) in [5.41, 5.74) is 1.74. The van der Waals surface area contributed by atoms with Gasteiger partial charge in [-0.1, -0.05) is 35.3 Å². The molecule has 2 aromatic carbocycles. The van der Waals surface area contributed by atoms with Crippen LogP contribution in [-0.2, 0) is 11.3 Å². The Hall–Kier alpha value is -2.17. The van der Waals surface area contributed by atoms with E-state index in [0.29, 0.717) is 41.3 Å². The molecular weight excluding hydrogens is 349 g/mol. The Morgan fingerprint density at radius 1 is 1.12 bits per heavy atom. The van der Waals surface area contributed by atoms with Gasteiger partial charge in [0.05, 0.1) is 5.02 Å². The summed E-state index contributed by atoms with van der Waals surface area (Å²) in [6.07, 6.45) is 3.14. The summed E-state index contributed by atoms with van der Waals surface area (Å²) in [5, 5.41) is 3.94. The second-order valence-electron chi connectivity index (χ2n) is 5.20. The van der Waals surface area contributed by atoms with Crippen LogP contribution in [0, 0.1) is 0 Å². The van der Waals surface area contributed by atoms with Gasteiger partial charge in [0.25, 0.3) is 0 Å². The summed E-state index contributed by atoms with van der Waals surface area (Å²) < 4.78 is 11.0. The largest absolute Gasteiger partial charge is 0.486 e. The standard InChI is InChI=1S/C18H15Cl2NO3/c19-14-4-1-12(2-5-14)11-21-17(22)6-3-13-9-15(20)18-16(10-13)23-7-8-24-18/h1-6,9-10H,7-8,11H2,(H,21,22)/b6-3+. The van der Waals surface area contributed by atoms with Crippen LogP contribution in [0.5, 0.6) is 11.5 Å². The summed E-state index contributed by atoms with van der Waals surface area (Å²) in [4.78, 5) is 11.9. The van der Waals surface area contributed by atoms with Crippen LogP contribution in [0.15, 0.2) is 42.5 Å². The zero-order valence-electron chi connectivity index (χ0n) is 12.7. The van der Waals surface area contributed by atoms with E-state index < -0.39 is 0 Å². The molecule has 0 saturated carbocycles. The van der Waals surface area contributed by atoms with Gasteiger partial charge in [-0.25, -0.2) is 0 Å². The van der Waals surface area contributed by atoms with Gasteiger partial charge in [-0.05, 0) is 41.5 Å². The molecule has 3 rings (SSSR count). The van der Waals surface area contributed by atoms with E-state index in [0.717, 1.165) is 11.1 Å². The SMILES string of the molecule is O=C(/C=C/c1cc(Cl)c2c(c1)OCCO2)NCc1ccc(Cl)cc1. The highest BCUT2D eigenvalue weighted by Gasteiger charge is 2.15. The Bertz CT molecular complexity index is 773. The molecule has 0 unspecified atom stereocenters. The van der Waals surface area contributed by atoms with Crippen molar-refractivity contribution in [3.05, 3.63) is 63.6 Å². The minimum atomic E-state index is -0.198. The molecule has 4 nitrogen and oxygen atoms in total. The van der Waals surface area contributed by atoms with Gasteiger partial charge in [-0.15, -0.1) is 0 Å². The van der Waals surface area contributed by atoms with Crippen LogP contribution >= 0.6 is 23.2 Å². The van der Waals surface area contributed by atoms with E-state index in [1.165, 1.54) is 6.08 Å². The normalized spacial score (nSPS) is 13.1. The fraction of sp³-hybridized carbons (Fsp3) is 0.167. The summed E-state index contributed by atoms with van der Waals surface area (Å²) in [6, 6.07) is 10.8. The second kappa shape index (κ2) is 7.60. The number of halogens is 2. The summed E-state index contributed by atoms with van der Waals surface area (Å²) in [5.74, 6) is 0.943. The Balaban J connectivity index is 1.61. The quantitative estimate of drug-likeness (QED) is 0.832. The molecule has 0 aromatic heterocycles. The van der Waals surface area contributed by atoms with Crippen molar-refractivity contribution in [3.8, 4) is 11.5 Å². The molecular formula is C18H15Cl2NO3. The first-order valence-corrected chi connectivity index (χ1v) is 8.17. The van der Waals surface area contributed by atoms with Gasteiger partial charge in [0, 0.05) is 17.6 Å². The maximum absolute atomic E-state index is 11.9. The lowest BCUT2D eigenvalue weighted by Gasteiger charge is -2.19. The van der Waals surface area contributed by atoms with Crippen LogP contribution in [0.25, 0.3) is 6.08 Å². The summed E-state index contributed by atoms with van der Waals surface area (Å²) in [7, 11) is 0. The number of benzene rings is 2. The Labute approximate surface area is 150 Å². The first-order chi connectivity index (χ1) is 11.6. The first kappa shape index (κ1) is 16.7. The van der Waals surface area contributed by atoms with Crippen LogP contribution in [0.4, 0.5) is 0 Å². The molecule has 1 N–H and O–H groups in total. The third kappa shape index (κ3) is 4.22. The number of ether oxygens (including phenoxy) is 2. The third-order valence-electron chi connectivity index (χ3n) is 3.43. The smallest absolute Gasteiger partial charge is 0.244 e. The number of hydrogen-bond donors (Lipinski definition) is 1. The van der Waals surface area contributed by atoms with Gasteiger partial charge in [-0.3, -0.25) is 4.79 Å². The Morgan fingerprint density at radius 3 is 2.67 bits per heavy atom. The monoisotopic (exact) mass is 363 g/mol. The molecule has 1 heterocycles. The lowest BCUT2D eigenvalue weighted by Crippen LogP contribution is -2.20. The Morgan fingerprint density at radius 2 is 1.88 bits per heavy atom. The number of amides is 1. The van der Waals surface area contributed by atoms with Crippen molar-refractivity contribution in [1.82, 2.24) is 5.32 Å². The molecule has 1 amide bonds. The molecule has 2 aromatic rings. The molecule has 0 saturated heterocycles. The average molecular weight is 364 g/mol. The van der Waals surface area contributed by atoms with E-state index in [2.05, 4.69) is 5.32 Å². The number of nitrogens with one attached hydrogen (secondary N) is 1. The number of rotatable bonds is 4. The molecule has 124 valence electrons. The van der Waals surface area contributed by atoms with Crippen LogP contribution in [0.1, 0.15) is 11.1 Å². The topological polar surface area (TPSA) is 47.6 Å². The molecule has 0 atom stereocenters. The second-order valence-corrected chi connectivity index (χ2v) is 6.05. The van der Waals surface area contributed by atoms with E-state index >= 15 is 0 Å². The summed E-state index contributed by atoms with van der Waals surface area (Å²) in [6.45, 7) is 1.40. The fourth-order valence-corrected chi connectivity index (χ4v) is 2.65. The zero-order valence-corrected chi connectivity index (χ0v) is 14.2. The zero-order chi connectivity index (χ0) is 16.9. The molecule has 0 bridgehead atoms. The van der Waals surface area contributed by atoms with Crippen molar-refractivity contribution < 1.29 is 14.3 Å². The van der Waals surface area contributed by atoms with Gasteiger partial charge in [0.15, 0.2) is 11.5 Å². The Kier molecular flexibility index (Phi) is 5.28. The first-order valence-electron chi connectivity index (χ1n) is 7.41. The van der Waals surface area contributed by atoms with Gasteiger partial charge >= 0.3 is 0 Å². The van der Waals surface area contributed by atoms with Gasteiger partial charge < -0.3 is 14.8 Å². The number of fused-ring (bicyclic) bond motifs is 1. The maximum Gasteiger partial charge on any atom is 0.244 e. The van der Waals surface area contributed by atoms with Crippen LogP contribution in [0.2, 0.25) is 10.0 Å². The van der Waals surface area contributed by atoms with E-state index in [4.69, 9.17) is 32.7 Å². The molecule has 0 radical (unpaired) electrons. The van der Waals surface area contributed by atoms with Crippen molar-refractivity contribution in [2.75, 3.05) is 13.2 Å². The molecule has 0 spiro atoms. The highest BCUT2D eigenvalue weighted by atomic mass is 35.5. The predicted molar refractivity (Wildman–Crippen MR) is 94.8 cm³/mol. The minimum Gasteiger partial charge on any atom is -0.486 e. The lowest BCUT2D eigenvalue weighted by molar-refractivity contribution is -0.116. The van der Waals surface area contributed by atoms with Crippen molar-refractivity contribution in [1.29, 1.82) is 0 Å². The van der Waals surface area contributed by atoms with Gasteiger partial charge in [0.2, 0.25) is 5.91 Å². The van der Waals surface area contributed by atoms with Crippen LogP contribution in [-0.4, -0.2) is 19.1 Å². The third-order valence-corrected chi connectivity index (χ3v) is 3.96. The van der Waals surface area contributed by atoms with Crippen LogP contribution in [0.3, 0.4) is 0 Å². The molecule has 0 fully saturated rings. The van der Waals surface area contributed by atoms with E-state index in [9.17, 15) is 4.79 Å². The van der Waals surface area contributed by atoms with Crippen molar-refractivity contribution >= 4 is 35.2 Å². The maximum atomic E-state index is 11.9. The van der Waals surface area contributed by atoms with Crippen molar-refractivity contribution in [3.63, 3.8) is 0 Å². The highest BCUT2D eigenvalue weighted by Crippen LogP contribution is 2.38.